The van der Waals surface area contributed by atoms with E-state index in [0.29, 0.717) is 24.6 Å². The smallest absolute Gasteiger partial charge is 0.270 e. The van der Waals surface area contributed by atoms with E-state index in [-0.39, 0.29) is 5.91 Å². The summed E-state index contributed by atoms with van der Waals surface area (Å²) in [7, 11) is 0. The van der Waals surface area contributed by atoms with Crippen LogP contribution in [0.25, 0.3) is 0 Å². The van der Waals surface area contributed by atoms with E-state index in [4.69, 9.17) is 0 Å². The van der Waals surface area contributed by atoms with Crippen molar-refractivity contribution >= 4 is 34.8 Å². The quantitative estimate of drug-likeness (QED) is 0.870. The molecule has 22 heavy (non-hydrogen) atoms. The second kappa shape index (κ2) is 6.62. The largest absolute Gasteiger partial charge is 0.364 e. The lowest BCUT2D eigenvalue weighted by Crippen LogP contribution is -2.34. The molecule has 1 amide bonds. The molecule has 8 heteroatoms. The maximum atomic E-state index is 11.9. The van der Waals surface area contributed by atoms with Gasteiger partial charge in [0.1, 0.15) is 22.3 Å². The molecule has 1 aliphatic heterocycles. The summed E-state index contributed by atoms with van der Waals surface area (Å²) in [6, 6.07) is 0. The topological polar surface area (TPSA) is 79.8 Å². The van der Waals surface area contributed by atoms with Crippen molar-refractivity contribution in [2.24, 2.45) is 0 Å². The lowest BCUT2D eigenvalue weighted by Gasteiger charge is -2.19. The van der Waals surface area contributed by atoms with Crippen LogP contribution in [0.15, 0.2) is 5.38 Å². The Bertz CT molecular complexity index is 701. The minimum absolute atomic E-state index is 0.120. The number of rotatable bonds is 5. The van der Waals surface area contributed by atoms with Gasteiger partial charge in [-0.1, -0.05) is 0 Å². The van der Waals surface area contributed by atoms with Crippen molar-refractivity contribution in [3.8, 4) is 0 Å². The van der Waals surface area contributed by atoms with Crippen molar-refractivity contribution < 1.29 is 4.79 Å². The van der Waals surface area contributed by atoms with Gasteiger partial charge in [0.15, 0.2) is 0 Å². The molecule has 1 aliphatic rings. The first-order valence-corrected chi connectivity index (χ1v) is 9.26. The Morgan fingerprint density at radius 3 is 3.09 bits per heavy atom. The highest BCUT2D eigenvalue weighted by Gasteiger charge is 2.22. The molecule has 2 N–H and O–H groups in total. The molecule has 0 spiro atoms. The number of amides is 1. The monoisotopic (exact) mass is 335 g/mol. The second-order valence-electron chi connectivity index (χ2n) is 4.97. The Morgan fingerprint density at radius 1 is 1.41 bits per heavy atom. The molecular weight excluding hydrogens is 318 g/mol. The van der Waals surface area contributed by atoms with E-state index < -0.39 is 0 Å². The number of fused-ring (bicyclic) bond motifs is 1. The van der Waals surface area contributed by atoms with Crippen molar-refractivity contribution in [1.82, 2.24) is 20.3 Å². The molecule has 0 unspecified atom stereocenters. The van der Waals surface area contributed by atoms with Crippen LogP contribution in [-0.4, -0.2) is 33.7 Å². The molecule has 0 aromatic carbocycles. The first-order chi connectivity index (χ1) is 10.7. The first kappa shape index (κ1) is 15.2. The van der Waals surface area contributed by atoms with E-state index in [0.717, 1.165) is 34.3 Å². The summed E-state index contributed by atoms with van der Waals surface area (Å²) in [5.41, 5.74) is 2.39. The van der Waals surface area contributed by atoms with Gasteiger partial charge >= 0.3 is 0 Å². The molecule has 2 aromatic rings. The van der Waals surface area contributed by atoms with Crippen LogP contribution in [0.5, 0.6) is 0 Å². The van der Waals surface area contributed by atoms with Crippen molar-refractivity contribution in [3.63, 3.8) is 0 Å². The highest BCUT2D eigenvalue weighted by molar-refractivity contribution is 7.97. The third kappa shape index (κ3) is 3.22. The first-order valence-electron chi connectivity index (χ1n) is 6.99. The number of nitrogens with one attached hydrogen (secondary N) is 2. The third-order valence-electron chi connectivity index (χ3n) is 3.30. The summed E-state index contributed by atoms with van der Waals surface area (Å²) in [5.74, 6) is 2.16. The number of thiazole rings is 1. The molecule has 0 saturated carbocycles. The summed E-state index contributed by atoms with van der Waals surface area (Å²) in [4.78, 5) is 25.2. The van der Waals surface area contributed by atoms with Crippen molar-refractivity contribution in [2.75, 3.05) is 18.1 Å². The molecular formula is C14H17N5OS2. The van der Waals surface area contributed by atoms with E-state index in [1.165, 1.54) is 0 Å². The molecule has 2 aromatic heterocycles. The van der Waals surface area contributed by atoms with E-state index in [1.54, 1.807) is 30.0 Å². The number of nitrogens with zero attached hydrogens (tertiary/aromatic N) is 3. The number of carbonyl (C=O) groups is 1. The number of aromatic nitrogens is 3. The molecule has 0 saturated heterocycles. The minimum Gasteiger partial charge on any atom is -0.364 e. The molecule has 0 aliphatic carbocycles. The van der Waals surface area contributed by atoms with Crippen LogP contribution in [0.3, 0.4) is 0 Å². The predicted octanol–water partition coefficient (Wildman–Crippen LogP) is 2.00. The molecule has 0 bridgehead atoms. The highest BCUT2D eigenvalue weighted by Crippen LogP contribution is 2.21. The fraction of sp³-hybridized carbons (Fsp3) is 0.429. The number of aryl methyl sites for hydroxylation is 1. The Hall–Kier alpha value is -1.67. The zero-order chi connectivity index (χ0) is 15.5. The summed E-state index contributed by atoms with van der Waals surface area (Å²) in [6.45, 7) is 3.03. The van der Waals surface area contributed by atoms with Gasteiger partial charge in [-0.3, -0.25) is 4.79 Å². The molecule has 3 rings (SSSR count). The van der Waals surface area contributed by atoms with E-state index >= 15 is 0 Å². The van der Waals surface area contributed by atoms with Gasteiger partial charge in [0.2, 0.25) is 0 Å². The van der Waals surface area contributed by atoms with Crippen LogP contribution < -0.4 is 10.6 Å². The number of anilines is 1. The van der Waals surface area contributed by atoms with Crippen LogP contribution in [0, 0.1) is 6.92 Å². The maximum Gasteiger partial charge on any atom is 0.270 e. The van der Waals surface area contributed by atoms with Crippen LogP contribution in [0.2, 0.25) is 0 Å². The second-order valence-corrected chi connectivity index (χ2v) is 6.78. The van der Waals surface area contributed by atoms with Crippen LogP contribution in [0.4, 0.5) is 5.82 Å². The van der Waals surface area contributed by atoms with Gasteiger partial charge in [-0.15, -0.1) is 11.3 Å². The van der Waals surface area contributed by atoms with Crippen molar-refractivity contribution in [1.29, 1.82) is 0 Å². The van der Waals surface area contributed by atoms with E-state index in [9.17, 15) is 4.79 Å². The molecule has 0 fully saturated rings. The predicted molar refractivity (Wildman–Crippen MR) is 89.5 cm³/mol. The Morgan fingerprint density at radius 2 is 2.27 bits per heavy atom. The van der Waals surface area contributed by atoms with Crippen LogP contribution >= 0.6 is 23.1 Å². The molecule has 0 atom stereocenters. The van der Waals surface area contributed by atoms with Gasteiger partial charge < -0.3 is 10.6 Å². The lowest BCUT2D eigenvalue weighted by atomic mass is 10.1. The van der Waals surface area contributed by atoms with Gasteiger partial charge in [0.25, 0.3) is 5.91 Å². The number of hydrogen-bond donors (Lipinski definition) is 2. The average Bonchev–Trinajstić information content (AvgIpc) is 2.94. The Kier molecular flexibility index (Phi) is 4.58. The minimum atomic E-state index is -0.120. The van der Waals surface area contributed by atoms with Gasteiger partial charge in [-0.05, 0) is 19.6 Å². The number of carbonyl (C=O) groups excluding carboxylic acids is 1. The zero-order valence-electron chi connectivity index (χ0n) is 12.5. The summed E-state index contributed by atoms with van der Waals surface area (Å²) < 4.78 is 0. The van der Waals surface area contributed by atoms with Crippen molar-refractivity contribution in [2.45, 2.75) is 25.6 Å². The van der Waals surface area contributed by atoms with Gasteiger partial charge in [0, 0.05) is 23.2 Å². The summed E-state index contributed by atoms with van der Waals surface area (Å²) >= 11 is 3.44. The average molecular weight is 335 g/mol. The Labute approximate surface area is 137 Å². The maximum absolute atomic E-state index is 11.9. The Balaban J connectivity index is 1.78. The molecule has 3 heterocycles. The fourth-order valence-corrected chi connectivity index (χ4v) is 3.86. The normalized spacial score (nSPS) is 13.6. The molecule has 116 valence electrons. The van der Waals surface area contributed by atoms with E-state index in [2.05, 4.69) is 37.2 Å². The van der Waals surface area contributed by atoms with Crippen molar-refractivity contribution in [3.05, 3.63) is 33.2 Å². The zero-order valence-corrected chi connectivity index (χ0v) is 14.1. The van der Waals surface area contributed by atoms with Gasteiger partial charge in [0.05, 0.1) is 12.2 Å². The molecule has 6 nitrogen and oxygen atoms in total. The SMILES string of the molecule is CSCc1nc(CNc2nc(C)nc3c2CCNC3=O)cs1. The van der Waals surface area contributed by atoms with E-state index in [1.807, 2.05) is 0 Å². The van der Waals surface area contributed by atoms with Gasteiger partial charge in [-0.25, -0.2) is 15.0 Å². The summed E-state index contributed by atoms with van der Waals surface area (Å²) in [6.07, 6.45) is 2.82. The van der Waals surface area contributed by atoms with Gasteiger partial charge in [-0.2, -0.15) is 11.8 Å². The number of thioether (sulfide) groups is 1. The number of hydrogen-bond acceptors (Lipinski definition) is 7. The molecule has 0 radical (unpaired) electrons. The standard InChI is InChI=1S/C14H17N5OS2/c1-8-17-12-10(3-4-15-14(12)20)13(18-8)16-5-9-6-22-11(19-9)7-21-2/h6H,3-5,7H2,1-2H3,(H,15,20)(H,16,17,18). The summed E-state index contributed by atoms with van der Waals surface area (Å²) in [5, 5.41) is 9.32. The fourth-order valence-electron chi connectivity index (χ4n) is 2.35. The van der Waals surface area contributed by atoms with Crippen LogP contribution in [0.1, 0.15) is 32.6 Å². The highest BCUT2D eigenvalue weighted by atomic mass is 32.2. The third-order valence-corrected chi connectivity index (χ3v) is 4.94. The van der Waals surface area contributed by atoms with Crippen LogP contribution in [-0.2, 0) is 18.7 Å². The lowest BCUT2D eigenvalue weighted by molar-refractivity contribution is 0.0940.